The van der Waals surface area contributed by atoms with Crippen LogP contribution in [0.3, 0.4) is 0 Å². The van der Waals surface area contributed by atoms with Crippen molar-refractivity contribution in [3.8, 4) is 5.75 Å². The highest BCUT2D eigenvalue weighted by atomic mass is 16.3. The van der Waals surface area contributed by atoms with Crippen LogP contribution in [0.15, 0.2) is 48.5 Å². The number of carbonyl (C=O) groups is 1. The lowest BCUT2D eigenvalue weighted by Crippen LogP contribution is -2.44. The van der Waals surface area contributed by atoms with Gasteiger partial charge in [-0.1, -0.05) is 43.3 Å². The highest BCUT2D eigenvalue weighted by Crippen LogP contribution is 2.63. The van der Waals surface area contributed by atoms with E-state index in [2.05, 4.69) is 13.0 Å². The number of Topliss-reactive ketones (excluding diaryl/α,β-unsaturated/α-hetero) is 1. The molecule has 0 heterocycles. The van der Waals surface area contributed by atoms with E-state index in [0.717, 1.165) is 24.8 Å². The fraction of sp³-hybridized carbons (Fsp3) is 0.480. The van der Waals surface area contributed by atoms with E-state index < -0.39 is 0 Å². The van der Waals surface area contributed by atoms with E-state index in [1.807, 2.05) is 42.5 Å². The van der Waals surface area contributed by atoms with Gasteiger partial charge in [0.25, 0.3) is 0 Å². The van der Waals surface area contributed by atoms with Gasteiger partial charge in [0.1, 0.15) is 5.75 Å². The SMILES string of the molecule is C[C@]12CC[C@@H]3c4ccc(O)cc4CC[C@H]3[C@@H]1CC[C@H]2C(=O)c1ccccc1. The average Bonchev–Trinajstić information content (AvgIpc) is 3.05. The van der Waals surface area contributed by atoms with Gasteiger partial charge in [-0.05, 0) is 85.0 Å². The first-order chi connectivity index (χ1) is 13.1. The average molecular weight is 360 g/mol. The summed E-state index contributed by atoms with van der Waals surface area (Å²) < 4.78 is 0. The minimum atomic E-state index is 0.141. The number of benzene rings is 2. The van der Waals surface area contributed by atoms with Crippen molar-refractivity contribution in [1.29, 1.82) is 0 Å². The van der Waals surface area contributed by atoms with Crippen LogP contribution in [-0.4, -0.2) is 10.9 Å². The predicted octanol–water partition coefficient (Wildman–Crippen LogP) is 5.75. The van der Waals surface area contributed by atoms with Crippen molar-refractivity contribution >= 4 is 5.78 Å². The summed E-state index contributed by atoms with van der Waals surface area (Å²) in [7, 11) is 0. The number of rotatable bonds is 2. The highest BCUT2D eigenvalue weighted by molar-refractivity contribution is 5.98. The fourth-order valence-electron chi connectivity index (χ4n) is 6.80. The third kappa shape index (κ3) is 2.56. The van der Waals surface area contributed by atoms with Crippen LogP contribution >= 0.6 is 0 Å². The summed E-state index contributed by atoms with van der Waals surface area (Å²) in [5, 5.41) is 9.84. The van der Waals surface area contributed by atoms with Gasteiger partial charge in [0, 0.05) is 11.5 Å². The molecule has 0 radical (unpaired) electrons. The van der Waals surface area contributed by atoms with E-state index in [9.17, 15) is 9.90 Å². The Morgan fingerprint density at radius 1 is 1.04 bits per heavy atom. The van der Waals surface area contributed by atoms with Crippen molar-refractivity contribution in [3.05, 3.63) is 65.2 Å². The summed E-state index contributed by atoms with van der Waals surface area (Å²) in [6.07, 6.45) is 6.81. The summed E-state index contributed by atoms with van der Waals surface area (Å²) in [6, 6.07) is 15.9. The van der Waals surface area contributed by atoms with Gasteiger partial charge in [-0.15, -0.1) is 0 Å². The molecule has 2 aromatic carbocycles. The van der Waals surface area contributed by atoms with E-state index >= 15 is 0 Å². The number of hydrogen-bond donors (Lipinski definition) is 1. The number of ketones is 1. The molecule has 27 heavy (non-hydrogen) atoms. The van der Waals surface area contributed by atoms with E-state index in [4.69, 9.17) is 0 Å². The second-order valence-corrected chi connectivity index (χ2v) is 9.20. The Morgan fingerprint density at radius 3 is 2.67 bits per heavy atom. The molecule has 5 atom stereocenters. The van der Waals surface area contributed by atoms with Crippen LogP contribution in [0, 0.1) is 23.2 Å². The topological polar surface area (TPSA) is 37.3 Å². The number of hydrogen-bond acceptors (Lipinski definition) is 2. The Hall–Kier alpha value is -2.09. The van der Waals surface area contributed by atoms with Crippen LogP contribution in [0.1, 0.15) is 66.4 Å². The van der Waals surface area contributed by atoms with Gasteiger partial charge in [-0.2, -0.15) is 0 Å². The van der Waals surface area contributed by atoms with Crippen LogP contribution in [0.25, 0.3) is 0 Å². The summed E-state index contributed by atoms with van der Waals surface area (Å²) >= 11 is 0. The number of fused-ring (bicyclic) bond motifs is 5. The lowest BCUT2D eigenvalue weighted by atomic mass is 9.53. The van der Waals surface area contributed by atoms with Crippen LogP contribution in [-0.2, 0) is 6.42 Å². The standard InChI is InChI=1S/C25H28O2/c1-25-14-13-20-19-10-8-18(26)15-17(19)7-9-21(20)22(25)11-12-23(25)24(27)16-5-3-2-4-6-16/h2-6,8,10,15,20-23,26H,7,9,11-14H2,1H3/t20-,21-,22+,23+,25+/m1/s1. The number of carbonyl (C=O) groups excluding carboxylic acids is 1. The molecular formula is C25H28O2. The molecule has 2 nitrogen and oxygen atoms in total. The molecule has 2 fully saturated rings. The number of phenolic OH excluding ortho intramolecular Hbond substituents is 1. The van der Waals surface area contributed by atoms with Gasteiger partial charge in [-0.3, -0.25) is 4.79 Å². The molecule has 2 aromatic rings. The number of phenols is 1. The quantitative estimate of drug-likeness (QED) is 0.693. The lowest BCUT2D eigenvalue weighted by Gasteiger charge is -2.50. The maximum Gasteiger partial charge on any atom is 0.166 e. The van der Waals surface area contributed by atoms with Crippen molar-refractivity contribution in [1.82, 2.24) is 0 Å². The highest BCUT2D eigenvalue weighted by Gasteiger charge is 2.56. The van der Waals surface area contributed by atoms with Crippen LogP contribution in [0.2, 0.25) is 0 Å². The van der Waals surface area contributed by atoms with Gasteiger partial charge in [-0.25, -0.2) is 0 Å². The van der Waals surface area contributed by atoms with Gasteiger partial charge in [0.05, 0.1) is 0 Å². The van der Waals surface area contributed by atoms with Gasteiger partial charge < -0.3 is 5.11 Å². The Balaban J connectivity index is 1.45. The number of aryl methyl sites for hydroxylation is 1. The molecule has 0 aromatic heterocycles. The van der Waals surface area contributed by atoms with Crippen molar-refractivity contribution in [3.63, 3.8) is 0 Å². The molecular weight excluding hydrogens is 332 g/mol. The second kappa shape index (κ2) is 6.22. The van der Waals surface area contributed by atoms with Crippen molar-refractivity contribution in [2.75, 3.05) is 0 Å². The first-order valence-corrected chi connectivity index (χ1v) is 10.5. The molecule has 0 amide bonds. The summed E-state index contributed by atoms with van der Waals surface area (Å²) in [6.45, 7) is 2.40. The Morgan fingerprint density at radius 2 is 1.85 bits per heavy atom. The Bertz CT molecular complexity index is 871. The zero-order valence-corrected chi connectivity index (χ0v) is 16.0. The first-order valence-electron chi connectivity index (χ1n) is 10.5. The van der Waals surface area contributed by atoms with E-state index in [0.29, 0.717) is 29.3 Å². The summed E-state index contributed by atoms with van der Waals surface area (Å²) in [4.78, 5) is 13.3. The van der Waals surface area contributed by atoms with Gasteiger partial charge in [0.2, 0.25) is 0 Å². The molecule has 5 rings (SSSR count). The predicted molar refractivity (Wildman–Crippen MR) is 107 cm³/mol. The molecule has 2 saturated carbocycles. The van der Waals surface area contributed by atoms with E-state index in [1.54, 1.807) is 0 Å². The zero-order chi connectivity index (χ0) is 18.6. The van der Waals surface area contributed by atoms with E-state index in [1.165, 1.54) is 30.4 Å². The third-order valence-corrected chi connectivity index (χ3v) is 8.08. The fourth-order valence-corrected chi connectivity index (χ4v) is 6.80. The summed E-state index contributed by atoms with van der Waals surface area (Å²) in [5.74, 6) is 2.87. The molecule has 0 saturated heterocycles. The van der Waals surface area contributed by atoms with Crippen LogP contribution in [0.4, 0.5) is 0 Å². The minimum absolute atomic E-state index is 0.141. The smallest absolute Gasteiger partial charge is 0.166 e. The molecule has 3 aliphatic rings. The van der Waals surface area contributed by atoms with Crippen LogP contribution < -0.4 is 0 Å². The molecule has 0 spiro atoms. The first kappa shape index (κ1) is 17.0. The Kier molecular flexibility index (Phi) is 3.93. The van der Waals surface area contributed by atoms with Gasteiger partial charge >= 0.3 is 0 Å². The maximum atomic E-state index is 13.3. The Labute approximate surface area is 161 Å². The minimum Gasteiger partial charge on any atom is -0.508 e. The molecule has 2 heteroatoms. The van der Waals surface area contributed by atoms with Crippen molar-refractivity contribution in [2.45, 2.75) is 51.4 Å². The van der Waals surface area contributed by atoms with Crippen molar-refractivity contribution in [2.24, 2.45) is 23.2 Å². The normalized spacial score (nSPS) is 34.4. The molecule has 0 unspecified atom stereocenters. The van der Waals surface area contributed by atoms with Gasteiger partial charge in [0.15, 0.2) is 5.78 Å². The monoisotopic (exact) mass is 360 g/mol. The summed E-state index contributed by atoms with van der Waals surface area (Å²) in [5.41, 5.74) is 3.83. The molecule has 140 valence electrons. The zero-order valence-electron chi connectivity index (χ0n) is 16.0. The number of aromatic hydroxyl groups is 1. The van der Waals surface area contributed by atoms with E-state index in [-0.39, 0.29) is 11.3 Å². The largest absolute Gasteiger partial charge is 0.508 e. The second-order valence-electron chi connectivity index (χ2n) is 9.20. The molecule has 3 aliphatic carbocycles. The molecule has 0 aliphatic heterocycles. The maximum absolute atomic E-state index is 13.3. The molecule has 0 bridgehead atoms. The lowest BCUT2D eigenvalue weighted by molar-refractivity contribution is 0.0276. The third-order valence-electron chi connectivity index (χ3n) is 8.08. The van der Waals surface area contributed by atoms with Crippen molar-refractivity contribution < 1.29 is 9.90 Å². The molecule has 1 N–H and O–H groups in total. The van der Waals surface area contributed by atoms with Crippen LogP contribution in [0.5, 0.6) is 5.75 Å².